The molecule has 1 amide bonds. The average Bonchev–Trinajstić information content (AvgIpc) is 2.74. The molecule has 0 aliphatic rings. The molecule has 0 heterocycles. The van der Waals surface area contributed by atoms with Crippen molar-refractivity contribution in [3.05, 3.63) is 12.2 Å². The van der Waals surface area contributed by atoms with Gasteiger partial charge in [-0.3, -0.25) is 14.2 Å². The molecule has 0 radical (unpaired) electrons. The van der Waals surface area contributed by atoms with Gasteiger partial charge in [-0.2, -0.15) is 0 Å². The molecule has 0 spiro atoms. The summed E-state index contributed by atoms with van der Waals surface area (Å²) in [4.78, 5) is 65.8. The maximum atomic E-state index is 12.6. The molecule has 12 nitrogen and oxygen atoms in total. The lowest BCUT2D eigenvalue weighted by molar-refractivity contribution is -0.158. The van der Waals surface area contributed by atoms with Gasteiger partial charge in [0, 0.05) is 5.57 Å². The third-order valence-electron chi connectivity index (χ3n) is 5.16. The molecule has 1 unspecified atom stereocenters. The Morgan fingerprint density at radius 3 is 2.09 bits per heavy atom. The van der Waals surface area contributed by atoms with Crippen LogP contribution >= 0.6 is 7.60 Å². The van der Waals surface area contributed by atoms with Crippen molar-refractivity contribution in [1.82, 2.24) is 5.32 Å². The van der Waals surface area contributed by atoms with E-state index in [0.717, 1.165) is 0 Å². The van der Waals surface area contributed by atoms with Gasteiger partial charge >= 0.3 is 25.6 Å². The smallest absolute Gasteiger partial charge is 0.407 e. The van der Waals surface area contributed by atoms with Gasteiger partial charge in [-0.1, -0.05) is 13.5 Å². The molecule has 0 saturated heterocycles. The maximum Gasteiger partial charge on any atom is 0.407 e. The fourth-order valence-electron chi connectivity index (χ4n) is 3.06. The lowest BCUT2D eigenvalue weighted by atomic mass is 9.69. The summed E-state index contributed by atoms with van der Waals surface area (Å²) in [5, 5.41) is 2.37. The topological polar surface area (TPSA) is 175 Å². The molecule has 0 aromatic rings. The van der Waals surface area contributed by atoms with Crippen LogP contribution in [0.4, 0.5) is 4.79 Å². The standard InChI is InChI=1S/C22H38NO11P/c1-7-22(17(4)24,15-31-12-13-35(28,29)30)14-21(5,6)19(26)33-10-11-34-20(27)23-8-9-32-18(25)16(2)3/h2,7-15H2,1,3-6H3,(H,23,27)(H2,28,29,30). The second kappa shape index (κ2) is 15.0. The Kier molecular flexibility index (Phi) is 14.0. The van der Waals surface area contributed by atoms with Gasteiger partial charge in [0.25, 0.3) is 0 Å². The Morgan fingerprint density at radius 1 is 0.971 bits per heavy atom. The molecule has 3 N–H and O–H groups in total. The summed E-state index contributed by atoms with van der Waals surface area (Å²) in [6.07, 6.45) is -0.811. The molecular weight excluding hydrogens is 485 g/mol. The number of esters is 2. The van der Waals surface area contributed by atoms with E-state index in [1.54, 1.807) is 20.8 Å². The number of hydrogen-bond donors (Lipinski definition) is 3. The van der Waals surface area contributed by atoms with Gasteiger partial charge in [-0.15, -0.1) is 0 Å². The van der Waals surface area contributed by atoms with E-state index in [0.29, 0.717) is 6.42 Å². The lowest BCUT2D eigenvalue weighted by Gasteiger charge is -2.36. The minimum atomic E-state index is -4.22. The van der Waals surface area contributed by atoms with Gasteiger partial charge in [0.1, 0.15) is 25.6 Å². The number of nitrogens with one attached hydrogen (secondary N) is 1. The molecular formula is C22H38NO11P. The average molecular weight is 524 g/mol. The van der Waals surface area contributed by atoms with Crippen LogP contribution in [0.1, 0.15) is 47.5 Å². The summed E-state index contributed by atoms with van der Waals surface area (Å²) in [6, 6.07) is 0. The number of amides is 1. The van der Waals surface area contributed by atoms with Crippen molar-refractivity contribution in [3.63, 3.8) is 0 Å². The Morgan fingerprint density at radius 2 is 1.57 bits per heavy atom. The van der Waals surface area contributed by atoms with Gasteiger partial charge < -0.3 is 34.1 Å². The van der Waals surface area contributed by atoms with E-state index in [1.807, 2.05) is 0 Å². The maximum absolute atomic E-state index is 12.6. The van der Waals surface area contributed by atoms with Crippen molar-refractivity contribution in [1.29, 1.82) is 0 Å². The van der Waals surface area contributed by atoms with E-state index in [-0.39, 0.29) is 57.4 Å². The third-order valence-corrected chi connectivity index (χ3v) is 5.93. The largest absolute Gasteiger partial charge is 0.462 e. The number of ketones is 1. The van der Waals surface area contributed by atoms with E-state index in [4.69, 9.17) is 28.7 Å². The monoisotopic (exact) mass is 523 g/mol. The molecule has 0 rings (SSSR count). The summed E-state index contributed by atoms with van der Waals surface area (Å²) in [5.41, 5.74) is -1.89. The SMILES string of the molecule is C=C(C)C(=O)OCCNC(=O)OCCOC(=O)C(C)(C)CC(CC)(COCCP(=O)(O)O)C(C)=O. The van der Waals surface area contributed by atoms with Crippen LogP contribution in [0.25, 0.3) is 0 Å². The molecule has 0 aromatic carbocycles. The van der Waals surface area contributed by atoms with Gasteiger partial charge in [0.2, 0.25) is 0 Å². The first-order valence-electron chi connectivity index (χ1n) is 11.1. The van der Waals surface area contributed by atoms with Gasteiger partial charge in [-0.05, 0) is 40.5 Å². The Hall–Kier alpha value is -2.27. The highest BCUT2D eigenvalue weighted by Gasteiger charge is 2.43. The van der Waals surface area contributed by atoms with Crippen LogP contribution in [0.15, 0.2) is 12.2 Å². The molecule has 0 fully saturated rings. The minimum Gasteiger partial charge on any atom is -0.462 e. The van der Waals surface area contributed by atoms with Crippen LogP contribution in [-0.4, -0.2) is 79.3 Å². The number of carbonyl (C=O) groups is 4. The number of carbonyl (C=O) groups excluding carboxylic acids is 4. The number of ether oxygens (including phenoxy) is 4. The summed E-state index contributed by atoms with van der Waals surface area (Å²) in [5.74, 6) is -1.40. The molecule has 35 heavy (non-hydrogen) atoms. The van der Waals surface area contributed by atoms with Crippen molar-refractivity contribution in [2.24, 2.45) is 10.8 Å². The van der Waals surface area contributed by atoms with Crippen LogP contribution in [0.5, 0.6) is 0 Å². The van der Waals surface area contributed by atoms with Crippen LogP contribution < -0.4 is 5.32 Å². The van der Waals surface area contributed by atoms with E-state index >= 15 is 0 Å². The van der Waals surface area contributed by atoms with E-state index in [2.05, 4.69) is 11.9 Å². The highest BCUT2D eigenvalue weighted by atomic mass is 31.2. The van der Waals surface area contributed by atoms with Crippen molar-refractivity contribution in [3.8, 4) is 0 Å². The van der Waals surface area contributed by atoms with Gasteiger partial charge in [0.05, 0.1) is 36.8 Å². The van der Waals surface area contributed by atoms with E-state index in [9.17, 15) is 23.7 Å². The van der Waals surface area contributed by atoms with Crippen LogP contribution in [0.2, 0.25) is 0 Å². The molecule has 0 aliphatic heterocycles. The van der Waals surface area contributed by atoms with Gasteiger partial charge in [-0.25, -0.2) is 9.59 Å². The predicted molar refractivity (Wildman–Crippen MR) is 126 cm³/mol. The summed E-state index contributed by atoms with van der Waals surface area (Å²) >= 11 is 0. The van der Waals surface area contributed by atoms with Crippen molar-refractivity contribution >= 4 is 31.4 Å². The molecule has 0 bridgehead atoms. The Balaban J connectivity index is 4.60. The summed E-state index contributed by atoms with van der Waals surface area (Å²) in [6.45, 7) is 10.5. The number of rotatable bonds is 17. The predicted octanol–water partition coefficient (Wildman–Crippen LogP) is 1.97. The molecule has 202 valence electrons. The van der Waals surface area contributed by atoms with Crippen molar-refractivity contribution < 1.29 is 52.5 Å². The third kappa shape index (κ3) is 13.4. The van der Waals surface area contributed by atoms with Crippen molar-refractivity contribution in [2.45, 2.75) is 47.5 Å². The number of hydrogen-bond acceptors (Lipinski definition) is 9. The first-order valence-corrected chi connectivity index (χ1v) is 12.9. The highest BCUT2D eigenvalue weighted by Crippen LogP contribution is 2.39. The first kappa shape index (κ1) is 32.7. The second-order valence-electron chi connectivity index (χ2n) is 8.81. The normalized spacial score (nSPS) is 13.3. The zero-order valence-corrected chi connectivity index (χ0v) is 22.0. The van der Waals surface area contributed by atoms with Crippen LogP contribution in [-0.2, 0) is 37.9 Å². The molecule has 0 aromatic heterocycles. The second-order valence-corrected chi connectivity index (χ2v) is 10.6. The van der Waals surface area contributed by atoms with Crippen molar-refractivity contribution in [2.75, 3.05) is 45.7 Å². The highest BCUT2D eigenvalue weighted by molar-refractivity contribution is 7.51. The number of Topliss-reactive ketones (excluding diaryl/α,β-unsaturated/α-hetero) is 1. The van der Waals surface area contributed by atoms with Crippen LogP contribution in [0.3, 0.4) is 0 Å². The zero-order valence-electron chi connectivity index (χ0n) is 21.1. The minimum absolute atomic E-state index is 0.0328. The fourth-order valence-corrected chi connectivity index (χ4v) is 3.42. The first-order chi connectivity index (χ1) is 16.1. The lowest BCUT2D eigenvalue weighted by Crippen LogP contribution is -2.42. The quantitative estimate of drug-likeness (QED) is 0.0835. The molecule has 0 aliphatic carbocycles. The zero-order chi connectivity index (χ0) is 27.3. The molecule has 1 atom stereocenters. The Bertz CT molecular complexity index is 805. The fraction of sp³-hybridized carbons (Fsp3) is 0.727. The van der Waals surface area contributed by atoms with Gasteiger partial charge in [0.15, 0.2) is 0 Å². The number of alkyl carbamates (subject to hydrolysis) is 1. The molecule has 0 saturated carbocycles. The van der Waals surface area contributed by atoms with E-state index < -0.39 is 42.6 Å². The van der Waals surface area contributed by atoms with E-state index in [1.165, 1.54) is 13.8 Å². The van der Waals surface area contributed by atoms with Crippen LogP contribution in [0, 0.1) is 10.8 Å². The summed E-state index contributed by atoms with van der Waals surface area (Å²) < 4.78 is 31.3. The summed E-state index contributed by atoms with van der Waals surface area (Å²) in [7, 11) is -4.22. The molecule has 13 heteroatoms. The Labute approximate surface area is 205 Å².